The number of hydrogen-bond donors (Lipinski definition) is 0. The maximum Gasteiger partial charge on any atom is 0.0747 e. The Bertz CT molecular complexity index is 291. The summed E-state index contributed by atoms with van der Waals surface area (Å²) in [7, 11) is 0. The summed E-state index contributed by atoms with van der Waals surface area (Å²) in [6.45, 7) is 3.95. The summed E-state index contributed by atoms with van der Waals surface area (Å²) < 4.78 is 12.8. The third kappa shape index (κ3) is 0.870. The lowest BCUT2D eigenvalue weighted by Gasteiger charge is -1.98. The van der Waals surface area contributed by atoms with Crippen molar-refractivity contribution in [3.8, 4) is 0 Å². The molecule has 2 rings (SSSR count). The van der Waals surface area contributed by atoms with Crippen molar-refractivity contribution in [1.82, 2.24) is 10.0 Å². The van der Waals surface area contributed by atoms with Gasteiger partial charge in [-0.05, 0) is 31.2 Å². The molecule has 1 unspecified atom stereocenters. The van der Waals surface area contributed by atoms with Gasteiger partial charge in [0.05, 0.1) is 11.4 Å². The monoisotopic (exact) mass is 154 g/mol. The summed E-state index contributed by atoms with van der Waals surface area (Å²) >= 11 is 0. The minimum atomic E-state index is 0.497. The van der Waals surface area contributed by atoms with E-state index in [4.69, 9.17) is 0 Å². The van der Waals surface area contributed by atoms with Crippen LogP contribution in [0.3, 0.4) is 0 Å². The topological polar surface area (TPSA) is 17.8 Å². The van der Waals surface area contributed by atoms with Crippen LogP contribution < -0.4 is 0 Å². The molecule has 0 saturated carbocycles. The molecule has 0 amide bonds. The lowest BCUT2D eigenvalue weighted by atomic mass is 10.1. The van der Waals surface area contributed by atoms with Gasteiger partial charge in [-0.15, -0.1) is 5.10 Å². The van der Waals surface area contributed by atoms with Crippen LogP contribution in [0.25, 0.3) is 0 Å². The normalized spacial score (nSPS) is 22.3. The van der Waals surface area contributed by atoms with Gasteiger partial charge in [0.15, 0.2) is 0 Å². The van der Waals surface area contributed by atoms with Gasteiger partial charge in [-0.1, -0.05) is 16.3 Å². The van der Waals surface area contributed by atoms with E-state index in [0.717, 1.165) is 24.1 Å². The van der Waals surface area contributed by atoms with Gasteiger partial charge in [0.2, 0.25) is 0 Å². The molecule has 60 valence electrons. The summed E-state index contributed by atoms with van der Waals surface area (Å²) in [4.78, 5) is 0.497. The van der Waals surface area contributed by atoms with Crippen LogP contribution in [-0.4, -0.2) is 10.0 Å². The zero-order chi connectivity index (χ0) is 8.01. The zero-order valence-corrected chi connectivity index (χ0v) is 6.76. The van der Waals surface area contributed by atoms with Crippen molar-refractivity contribution in [2.24, 2.45) is 5.92 Å². The molecule has 1 atom stereocenters. The summed E-state index contributed by atoms with van der Waals surface area (Å²) in [5.74, 6) is 0.646. The van der Waals surface area contributed by atoms with Crippen LogP contribution in [0.1, 0.15) is 23.9 Å². The molecular weight excluding hydrogens is 143 g/mol. The van der Waals surface area contributed by atoms with Crippen LogP contribution in [0.5, 0.6) is 0 Å². The van der Waals surface area contributed by atoms with Gasteiger partial charge in [0.1, 0.15) is 0 Å². The molecule has 1 aromatic rings. The maximum atomic E-state index is 12.8. The van der Waals surface area contributed by atoms with E-state index in [1.165, 1.54) is 0 Å². The van der Waals surface area contributed by atoms with Gasteiger partial charge in [-0.25, -0.2) is 0 Å². The predicted octanol–water partition coefficient (Wildman–Crippen LogP) is 1.66. The van der Waals surface area contributed by atoms with Crippen LogP contribution >= 0.6 is 0 Å². The van der Waals surface area contributed by atoms with E-state index in [1.807, 2.05) is 0 Å². The van der Waals surface area contributed by atoms with Crippen molar-refractivity contribution in [3.63, 3.8) is 0 Å². The number of aromatic nitrogens is 2. The van der Waals surface area contributed by atoms with E-state index in [-0.39, 0.29) is 0 Å². The van der Waals surface area contributed by atoms with E-state index < -0.39 is 0 Å². The number of fused-ring (bicyclic) bond motifs is 1. The standard InChI is InChI=1S/C8H11FN2/c1-5-3-7-6(2)11(9)10-8(7)4-5/h5H,3-4H2,1-2H3. The molecule has 2 nitrogen and oxygen atoms in total. The van der Waals surface area contributed by atoms with Gasteiger partial charge in [0.25, 0.3) is 0 Å². The highest BCUT2D eigenvalue weighted by molar-refractivity contribution is 5.29. The lowest BCUT2D eigenvalue weighted by Crippen LogP contribution is -1.97. The highest BCUT2D eigenvalue weighted by atomic mass is 19.2. The molecule has 0 fully saturated rings. The number of nitrogens with zero attached hydrogens (tertiary/aromatic N) is 2. The van der Waals surface area contributed by atoms with Crippen molar-refractivity contribution < 1.29 is 4.48 Å². The summed E-state index contributed by atoms with van der Waals surface area (Å²) in [5, 5.41) is 3.79. The zero-order valence-electron chi connectivity index (χ0n) is 6.76. The first-order valence-corrected chi connectivity index (χ1v) is 3.92. The number of rotatable bonds is 0. The minimum absolute atomic E-state index is 0.497. The first-order valence-electron chi connectivity index (χ1n) is 3.92. The second kappa shape index (κ2) is 2.06. The fourth-order valence-electron chi connectivity index (χ4n) is 1.74. The van der Waals surface area contributed by atoms with Crippen molar-refractivity contribution in [3.05, 3.63) is 17.0 Å². The molecule has 0 N–H and O–H groups in total. The van der Waals surface area contributed by atoms with Gasteiger partial charge < -0.3 is 0 Å². The van der Waals surface area contributed by atoms with Crippen LogP contribution in [0.2, 0.25) is 0 Å². The quantitative estimate of drug-likeness (QED) is 0.555. The van der Waals surface area contributed by atoms with Gasteiger partial charge in [-0.2, -0.15) is 0 Å². The molecule has 1 aliphatic rings. The second-order valence-electron chi connectivity index (χ2n) is 3.38. The summed E-state index contributed by atoms with van der Waals surface area (Å²) in [6, 6.07) is 0. The first kappa shape index (κ1) is 6.83. The summed E-state index contributed by atoms with van der Waals surface area (Å²) in [6.07, 6.45) is 1.93. The predicted molar refractivity (Wildman–Crippen MR) is 40.0 cm³/mol. The minimum Gasteiger partial charge on any atom is -0.147 e. The fraction of sp³-hybridized carbons (Fsp3) is 0.625. The highest BCUT2D eigenvalue weighted by Crippen LogP contribution is 2.27. The van der Waals surface area contributed by atoms with E-state index in [1.54, 1.807) is 6.92 Å². The SMILES string of the molecule is Cc1c2c(nn1F)CC(C)C2. The van der Waals surface area contributed by atoms with E-state index in [9.17, 15) is 4.48 Å². The van der Waals surface area contributed by atoms with Gasteiger partial charge in [-0.3, -0.25) is 0 Å². The van der Waals surface area contributed by atoms with E-state index in [0.29, 0.717) is 16.5 Å². The highest BCUT2D eigenvalue weighted by Gasteiger charge is 2.24. The Labute approximate surface area is 65.0 Å². The molecule has 0 saturated heterocycles. The lowest BCUT2D eigenvalue weighted by molar-refractivity contribution is 0.302. The van der Waals surface area contributed by atoms with Gasteiger partial charge >= 0.3 is 0 Å². The Balaban J connectivity index is 2.48. The molecule has 1 aliphatic carbocycles. The molecule has 0 spiro atoms. The Morgan fingerprint density at radius 1 is 1.55 bits per heavy atom. The molecule has 11 heavy (non-hydrogen) atoms. The van der Waals surface area contributed by atoms with Gasteiger partial charge in [0, 0.05) is 0 Å². The van der Waals surface area contributed by atoms with Crippen LogP contribution in [0.15, 0.2) is 0 Å². The smallest absolute Gasteiger partial charge is 0.0747 e. The average molecular weight is 154 g/mol. The third-order valence-electron chi connectivity index (χ3n) is 2.36. The molecular formula is C8H11FN2. The van der Waals surface area contributed by atoms with E-state index >= 15 is 0 Å². The van der Waals surface area contributed by atoms with Crippen LogP contribution in [0.4, 0.5) is 4.48 Å². The third-order valence-corrected chi connectivity index (χ3v) is 2.36. The van der Waals surface area contributed by atoms with Crippen molar-refractivity contribution in [2.45, 2.75) is 26.7 Å². The molecule has 1 heterocycles. The Hall–Kier alpha value is -0.860. The van der Waals surface area contributed by atoms with Crippen molar-refractivity contribution >= 4 is 0 Å². The summed E-state index contributed by atoms with van der Waals surface area (Å²) in [5.41, 5.74) is 2.77. The Kier molecular flexibility index (Phi) is 1.28. The largest absolute Gasteiger partial charge is 0.147 e. The van der Waals surface area contributed by atoms with Crippen molar-refractivity contribution in [2.75, 3.05) is 0 Å². The molecule has 0 radical (unpaired) electrons. The fourth-order valence-corrected chi connectivity index (χ4v) is 1.74. The first-order chi connectivity index (χ1) is 5.18. The number of hydrogen-bond acceptors (Lipinski definition) is 1. The molecule has 0 aromatic carbocycles. The average Bonchev–Trinajstić information content (AvgIpc) is 2.37. The molecule has 0 aliphatic heterocycles. The Morgan fingerprint density at radius 3 is 2.91 bits per heavy atom. The number of halogens is 1. The van der Waals surface area contributed by atoms with Crippen LogP contribution in [0, 0.1) is 12.8 Å². The van der Waals surface area contributed by atoms with Crippen molar-refractivity contribution in [1.29, 1.82) is 0 Å². The van der Waals surface area contributed by atoms with Crippen LogP contribution in [-0.2, 0) is 12.8 Å². The maximum absolute atomic E-state index is 12.8. The Morgan fingerprint density at radius 2 is 2.27 bits per heavy atom. The van der Waals surface area contributed by atoms with E-state index in [2.05, 4.69) is 12.0 Å². The second-order valence-corrected chi connectivity index (χ2v) is 3.38. The molecule has 3 heteroatoms. The molecule has 0 bridgehead atoms. The molecule has 1 aromatic heterocycles.